The summed E-state index contributed by atoms with van der Waals surface area (Å²) in [6, 6.07) is 7.22. The number of rotatable bonds is 9. The summed E-state index contributed by atoms with van der Waals surface area (Å²) >= 11 is 0. The molecule has 0 saturated carbocycles. The lowest BCUT2D eigenvalue weighted by molar-refractivity contribution is -0.136. The third kappa shape index (κ3) is 6.60. The van der Waals surface area contributed by atoms with E-state index in [9.17, 15) is 4.79 Å². The summed E-state index contributed by atoms with van der Waals surface area (Å²) in [5.74, 6) is 0.962. The number of nitrogens with zero attached hydrogens (tertiary/aromatic N) is 1. The third-order valence-corrected chi connectivity index (χ3v) is 3.03. The number of benzene rings is 1. The number of aliphatic hydroxyl groups is 1. The van der Waals surface area contributed by atoms with E-state index in [2.05, 4.69) is 0 Å². The second-order valence-corrected chi connectivity index (χ2v) is 5.02. The Hall–Kier alpha value is -1.59. The zero-order valence-corrected chi connectivity index (χ0v) is 13.0. The first-order chi connectivity index (χ1) is 10.1. The topological polar surface area (TPSA) is 59.0 Å². The van der Waals surface area contributed by atoms with Gasteiger partial charge in [0.25, 0.3) is 0 Å². The van der Waals surface area contributed by atoms with Crippen molar-refractivity contribution in [1.82, 2.24) is 4.90 Å². The molecule has 21 heavy (non-hydrogen) atoms. The molecule has 0 radical (unpaired) electrons. The van der Waals surface area contributed by atoms with Crippen LogP contribution in [0.15, 0.2) is 24.3 Å². The second kappa shape index (κ2) is 9.37. The molecule has 0 aliphatic carbocycles. The largest absolute Gasteiger partial charge is 0.494 e. The smallest absolute Gasteiger partial charge is 0.325 e. The number of hydrogen-bond donors (Lipinski definition) is 1. The average molecular weight is 295 g/mol. The molecule has 0 bridgehead atoms. The molecule has 5 heteroatoms. The Morgan fingerprint density at radius 1 is 1.24 bits per heavy atom. The van der Waals surface area contributed by atoms with Crippen LogP contribution in [-0.2, 0) is 4.79 Å². The molecule has 0 amide bonds. The molecule has 1 aromatic carbocycles. The molecular formula is C16H25NO4. The predicted molar refractivity (Wildman–Crippen MR) is 81.7 cm³/mol. The van der Waals surface area contributed by atoms with E-state index in [0.717, 1.165) is 5.75 Å². The summed E-state index contributed by atoms with van der Waals surface area (Å²) in [5.41, 5.74) is 0. The van der Waals surface area contributed by atoms with Crippen LogP contribution in [0, 0.1) is 0 Å². The normalized spacial score (nSPS) is 11.0. The molecule has 0 atom stereocenters. The van der Waals surface area contributed by atoms with Crippen molar-refractivity contribution in [1.29, 1.82) is 0 Å². The molecule has 1 aromatic rings. The van der Waals surface area contributed by atoms with E-state index >= 15 is 0 Å². The molecule has 0 aliphatic rings. The van der Waals surface area contributed by atoms with E-state index in [1.54, 1.807) is 24.3 Å². The van der Waals surface area contributed by atoms with Gasteiger partial charge in [0, 0.05) is 19.2 Å². The van der Waals surface area contributed by atoms with Crippen LogP contribution in [0.2, 0.25) is 0 Å². The maximum atomic E-state index is 11.9. The molecule has 0 aliphatic heterocycles. The fraction of sp³-hybridized carbons (Fsp3) is 0.562. The number of carbonyl (C=O) groups excluding carboxylic acids is 1. The maximum Gasteiger partial charge on any atom is 0.325 e. The highest BCUT2D eigenvalue weighted by molar-refractivity contribution is 5.74. The first-order valence-corrected chi connectivity index (χ1v) is 7.35. The summed E-state index contributed by atoms with van der Waals surface area (Å²) in [7, 11) is 0. The van der Waals surface area contributed by atoms with Crippen molar-refractivity contribution in [3.05, 3.63) is 24.3 Å². The standard InChI is InChI=1S/C16H25NO4/c1-4-20-14-6-8-15(9-7-14)21-16(19)12-17(13(2)3)10-5-11-18/h6-9,13,18H,4-5,10-12H2,1-3H3. The summed E-state index contributed by atoms with van der Waals surface area (Å²) in [5, 5.41) is 8.88. The maximum absolute atomic E-state index is 11.9. The van der Waals surface area contributed by atoms with Crippen LogP contribution in [0.5, 0.6) is 11.5 Å². The van der Waals surface area contributed by atoms with Crippen molar-refractivity contribution in [2.75, 3.05) is 26.3 Å². The highest BCUT2D eigenvalue weighted by Gasteiger charge is 2.15. The lowest BCUT2D eigenvalue weighted by Crippen LogP contribution is -2.38. The molecule has 1 N–H and O–H groups in total. The first kappa shape index (κ1) is 17.5. The monoisotopic (exact) mass is 295 g/mol. The Kier molecular flexibility index (Phi) is 7.79. The molecule has 0 spiro atoms. The summed E-state index contributed by atoms with van der Waals surface area (Å²) in [6.07, 6.45) is 0.647. The molecule has 5 nitrogen and oxygen atoms in total. The molecule has 118 valence electrons. The van der Waals surface area contributed by atoms with Gasteiger partial charge in [0.15, 0.2) is 0 Å². The SMILES string of the molecule is CCOc1ccc(OC(=O)CN(CCCO)C(C)C)cc1. The highest BCUT2D eigenvalue weighted by Crippen LogP contribution is 2.17. The van der Waals surface area contributed by atoms with E-state index in [0.29, 0.717) is 25.3 Å². The van der Waals surface area contributed by atoms with Crippen molar-refractivity contribution < 1.29 is 19.4 Å². The number of ether oxygens (including phenoxy) is 2. The van der Waals surface area contributed by atoms with Crippen LogP contribution < -0.4 is 9.47 Å². The Morgan fingerprint density at radius 3 is 2.38 bits per heavy atom. The van der Waals surface area contributed by atoms with Crippen molar-refractivity contribution >= 4 is 5.97 Å². The predicted octanol–water partition coefficient (Wildman–Crippen LogP) is 2.08. The van der Waals surface area contributed by atoms with Gasteiger partial charge in [-0.2, -0.15) is 0 Å². The van der Waals surface area contributed by atoms with Gasteiger partial charge in [0.05, 0.1) is 13.2 Å². The van der Waals surface area contributed by atoms with Crippen LogP contribution in [-0.4, -0.2) is 48.3 Å². The van der Waals surface area contributed by atoms with Crippen LogP contribution in [0.1, 0.15) is 27.2 Å². The van der Waals surface area contributed by atoms with E-state index in [1.807, 2.05) is 25.7 Å². The van der Waals surface area contributed by atoms with E-state index in [4.69, 9.17) is 14.6 Å². The first-order valence-electron chi connectivity index (χ1n) is 7.35. The van der Waals surface area contributed by atoms with Crippen molar-refractivity contribution in [2.45, 2.75) is 33.2 Å². The van der Waals surface area contributed by atoms with Gasteiger partial charge in [-0.25, -0.2) is 0 Å². The van der Waals surface area contributed by atoms with Crippen molar-refractivity contribution in [3.8, 4) is 11.5 Å². The third-order valence-electron chi connectivity index (χ3n) is 3.03. The quantitative estimate of drug-likeness (QED) is 0.558. The van der Waals surface area contributed by atoms with E-state index in [1.165, 1.54) is 0 Å². The zero-order chi connectivity index (χ0) is 15.7. The van der Waals surface area contributed by atoms with Gasteiger partial charge in [-0.1, -0.05) is 0 Å². The zero-order valence-electron chi connectivity index (χ0n) is 13.0. The molecule has 1 rings (SSSR count). The molecule has 0 saturated heterocycles. The van der Waals surface area contributed by atoms with Crippen molar-refractivity contribution in [2.24, 2.45) is 0 Å². The van der Waals surface area contributed by atoms with Crippen LogP contribution in [0.4, 0.5) is 0 Å². The van der Waals surface area contributed by atoms with Crippen LogP contribution >= 0.6 is 0 Å². The lowest BCUT2D eigenvalue weighted by Gasteiger charge is -2.24. The van der Waals surface area contributed by atoms with Gasteiger partial charge in [-0.15, -0.1) is 0 Å². The minimum atomic E-state index is -0.300. The summed E-state index contributed by atoms with van der Waals surface area (Å²) in [6.45, 7) is 7.56. The lowest BCUT2D eigenvalue weighted by atomic mass is 10.3. The summed E-state index contributed by atoms with van der Waals surface area (Å²) < 4.78 is 10.6. The Labute approximate surface area is 126 Å². The van der Waals surface area contributed by atoms with Gasteiger partial charge in [-0.3, -0.25) is 9.69 Å². The number of esters is 1. The second-order valence-electron chi connectivity index (χ2n) is 5.02. The Balaban J connectivity index is 2.51. The van der Waals surface area contributed by atoms with Gasteiger partial charge in [-0.05, 0) is 51.5 Å². The van der Waals surface area contributed by atoms with Crippen LogP contribution in [0.3, 0.4) is 0 Å². The molecule has 0 unspecified atom stereocenters. The molecular weight excluding hydrogens is 270 g/mol. The molecule has 0 aromatic heterocycles. The number of aliphatic hydroxyl groups excluding tert-OH is 1. The fourth-order valence-corrected chi connectivity index (χ4v) is 1.89. The average Bonchev–Trinajstić information content (AvgIpc) is 2.45. The number of carbonyl (C=O) groups is 1. The molecule has 0 heterocycles. The van der Waals surface area contributed by atoms with E-state index < -0.39 is 0 Å². The fourth-order valence-electron chi connectivity index (χ4n) is 1.89. The van der Waals surface area contributed by atoms with E-state index in [-0.39, 0.29) is 25.2 Å². The highest BCUT2D eigenvalue weighted by atomic mass is 16.5. The van der Waals surface area contributed by atoms with Gasteiger partial charge in [0.2, 0.25) is 0 Å². The van der Waals surface area contributed by atoms with Crippen molar-refractivity contribution in [3.63, 3.8) is 0 Å². The van der Waals surface area contributed by atoms with Gasteiger partial charge in [0.1, 0.15) is 11.5 Å². The Bertz CT molecular complexity index is 417. The minimum absolute atomic E-state index is 0.122. The van der Waals surface area contributed by atoms with Crippen LogP contribution in [0.25, 0.3) is 0 Å². The Morgan fingerprint density at radius 2 is 1.86 bits per heavy atom. The molecule has 0 fully saturated rings. The minimum Gasteiger partial charge on any atom is -0.494 e. The van der Waals surface area contributed by atoms with Gasteiger partial charge < -0.3 is 14.6 Å². The number of hydrogen-bond acceptors (Lipinski definition) is 5. The van der Waals surface area contributed by atoms with Gasteiger partial charge >= 0.3 is 5.97 Å². The summed E-state index contributed by atoms with van der Waals surface area (Å²) in [4.78, 5) is 13.9.